The first-order valence-corrected chi connectivity index (χ1v) is 21.2. The minimum atomic E-state index is -3.67. The zero-order valence-electron chi connectivity index (χ0n) is 29.9. The first-order valence-electron chi connectivity index (χ1n) is 17.8. The molecule has 0 N–H and O–H groups in total. The van der Waals surface area contributed by atoms with Crippen LogP contribution in [0.25, 0.3) is 0 Å². The van der Waals surface area contributed by atoms with Crippen LogP contribution in [-0.2, 0) is 35.9 Å². The van der Waals surface area contributed by atoms with Crippen molar-refractivity contribution in [1.82, 2.24) is 0 Å². The third kappa shape index (κ3) is 10.9. The van der Waals surface area contributed by atoms with Gasteiger partial charge in [0, 0.05) is 11.5 Å². The van der Waals surface area contributed by atoms with Crippen molar-refractivity contribution in [3.05, 3.63) is 107 Å². The summed E-state index contributed by atoms with van der Waals surface area (Å²) in [4.78, 5) is 0. The van der Waals surface area contributed by atoms with E-state index in [0.717, 1.165) is 60.8 Å². The monoisotopic (exact) mass is 694 g/mol. The molecule has 0 spiro atoms. The summed E-state index contributed by atoms with van der Waals surface area (Å²) in [6.45, 7) is 13.0. The summed E-state index contributed by atoms with van der Waals surface area (Å²) in [5, 5.41) is 0. The molecule has 3 aromatic carbocycles. The predicted octanol–water partition coefficient (Wildman–Crippen LogP) is 12.8. The van der Waals surface area contributed by atoms with Crippen molar-refractivity contribution in [3.63, 3.8) is 0 Å². The molecule has 0 bridgehead atoms. The molecule has 0 radical (unpaired) electrons. The number of allylic oxidation sites excluding steroid dienone is 2. The van der Waals surface area contributed by atoms with Crippen LogP contribution in [0, 0.1) is 0 Å². The first kappa shape index (κ1) is 38.2. The second-order valence-corrected chi connectivity index (χ2v) is 17.6. The van der Waals surface area contributed by atoms with E-state index in [9.17, 15) is 9.13 Å². The summed E-state index contributed by atoms with van der Waals surface area (Å²) in [6, 6.07) is 23.4. The quantitative estimate of drug-likeness (QED) is 0.0707. The van der Waals surface area contributed by atoms with Crippen molar-refractivity contribution in [3.8, 4) is 11.5 Å². The van der Waals surface area contributed by atoms with Gasteiger partial charge in [-0.25, -0.2) is 9.13 Å². The van der Waals surface area contributed by atoms with Gasteiger partial charge in [0.15, 0.2) is 0 Å². The van der Waals surface area contributed by atoms with Crippen molar-refractivity contribution in [1.29, 1.82) is 0 Å². The molecule has 0 saturated heterocycles. The van der Waals surface area contributed by atoms with Gasteiger partial charge in [-0.2, -0.15) is 0 Å². The summed E-state index contributed by atoms with van der Waals surface area (Å²) in [5.74, 6) is 0.857. The molecule has 3 aromatic rings. The fourth-order valence-electron chi connectivity index (χ4n) is 6.50. The normalized spacial score (nSPS) is 17.6. The summed E-state index contributed by atoms with van der Waals surface area (Å²) in [6.07, 6.45) is 10.9. The maximum Gasteiger partial charge on any atom is 0.383 e. The Hall–Kier alpha value is -2.62. The van der Waals surface area contributed by atoms with E-state index in [1.165, 1.54) is 18.4 Å². The molecule has 0 heterocycles. The minimum Gasteiger partial charge on any atom is -0.424 e. The van der Waals surface area contributed by atoms with E-state index < -0.39 is 15.2 Å². The molecule has 1 aliphatic carbocycles. The summed E-state index contributed by atoms with van der Waals surface area (Å²) in [5.41, 5.74) is 4.49. The van der Waals surface area contributed by atoms with Gasteiger partial charge in [-0.3, -0.25) is 9.05 Å². The molecule has 48 heavy (non-hydrogen) atoms. The maximum atomic E-state index is 14.6. The highest BCUT2D eigenvalue weighted by atomic mass is 31.2. The van der Waals surface area contributed by atoms with Crippen LogP contribution < -0.4 is 9.05 Å². The van der Waals surface area contributed by atoms with Gasteiger partial charge in [0.2, 0.25) is 0 Å². The lowest BCUT2D eigenvalue weighted by molar-refractivity contribution is 0.273. The van der Waals surface area contributed by atoms with Crippen molar-refractivity contribution < 1.29 is 27.2 Å². The Labute approximate surface area is 289 Å². The Bertz CT molecular complexity index is 1480. The van der Waals surface area contributed by atoms with Gasteiger partial charge in [-0.1, -0.05) is 119 Å². The van der Waals surface area contributed by atoms with Crippen LogP contribution >= 0.6 is 15.2 Å². The van der Waals surface area contributed by atoms with Crippen LogP contribution in [0.4, 0.5) is 0 Å². The fourth-order valence-corrected chi connectivity index (χ4v) is 9.92. The van der Waals surface area contributed by atoms with Gasteiger partial charge in [0.05, 0.1) is 25.5 Å². The molecule has 6 nitrogen and oxygen atoms in total. The summed E-state index contributed by atoms with van der Waals surface area (Å²) < 4.78 is 54.5. The van der Waals surface area contributed by atoms with Crippen LogP contribution in [0.5, 0.6) is 11.5 Å². The third-order valence-electron chi connectivity index (χ3n) is 9.05. The Morgan fingerprint density at radius 2 is 1.27 bits per heavy atom. The Balaban J connectivity index is 1.90. The number of unbranched alkanes of at least 4 members (excludes halogenated alkanes) is 3. The summed E-state index contributed by atoms with van der Waals surface area (Å²) >= 11 is 0. The largest absolute Gasteiger partial charge is 0.424 e. The second-order valence-electron chi connectivity index (χ2n) is 13.6. The van der Waals surface area contributed by atoms with E-state index in [0.29, 0.717) is 11.5 Å². The molecule has 4 rings (SSSR count). The average Bonchev–Trinajstić information content (AvgIpc) is 3.04. The first-order chi connectivity index (χ1) is 23.0. The van der Waals surface area contributed by atoms with E-state index in [1.54, 1.807) is 0 Å². The number of hydrogen-bond donors (Lipinski definition) is 0. The molecule has 3 unspecified atom stereocenters. The molecule has 0 aromatic heterocycles. The molecule has 3 atom stereocenters. The Morgan fingerprint density at radius 1 is 0.750 bits per heavy atom. The van der Waals surface area contributed by atoms with E-state index in [4.69, 9.17) is 18.1 Å². The summed E-state index contributed by atoms with van der Waals surface area (Å²) in [7, 11) is -7.35. The SMILES string of the molecule is CCCCCCC(C)(C)c1cc(OP(=O)(Cc2ccccc2)OCC)c(C2C=C(C)CCC2)c(OP(=O)(Cc2ccccc2)OCC)c1. The van der Waals surface area contributed by atoms with Crippen molar-refractivity contribution in [2.75, 3.05) is 13.2 Å². The highest BCUT2D eigenvalue weighted by Crippen LogP contribution is 2.58. The average molecular weight is 695 g/mol. The zero-order chi connectivity index (χ0) is 34.6. The van der Waals surface area contributed by atoms with Gasteiger partial charge in [0.25, 0.3) is 0 Å². The topological polar surface area (TPSA) is 71.1 Å². The van der Waals surface area contributed by atoms with Crippen LogP contribution in [0.3, 0.4) is 0 Å². The van der Waals surface area contributed by atoms with E-state index in [1.807, 2.05) is 86.6 Å². The van der Waals surface area contributed by atoms with Crippen molar-refractivity contribution in [2.45, 2.75) is 117 Å². The second kappa shape index (κ2) is 17.9. The number of hydrogen-bond acceptors (Lipinski definition) is 6. The lowest BCUT2D eigenvalue weighted by Gasteiger charge is -2.32. The van der Waals surface area contributed by atoms with E-state index in [2.05, 4.69) is 33.8 Å². The van der Waals surface area contributed by atoms with E-state index in [-0.39, 0.29) is 36.9 Å². The molecule has 0 saturated carbocycles. The van der Waals surface area contributed by atoms with Gasteiger partial charge in [-0.05, 0) is 80.7 Å². The Morgan fingerprint density at radius 3 is 1.73 bits per heavy atom. The highest BCUT2D eigenvalue weighted by molar-refractivity contribution is 7.53. The van der Waals surface area contributed by atoms with Crippen molar-refractivity contribution in [2.24, 2.45) is 0 Å². The van der Waals surface area contributed by atoms with Crippen LogP contribution in [0.2, 0.25) is 0 Å². The van der Waals surface area contributed by atoms with Gasteiger partial charge in [-0.15, -0.1) is 0 Å². The third-order valence-corrected chi connectivity index (χ3v) is 12.8. The van der Waals surface area contributed by atoms with Crippen LogP contribution in [-0.4, -0.2) is 13.2 Å². The number of rotatable bonds is 19. The smallest absolute Gasteiger partial charge is 0.383 e. The molecule has 0 amide bonds. The van der Waals surface area contributed by atoms with Gasteiger partial charge >= 0.3 is 15.2 Å². The minimum absolute atomic E-state index is 0.0796. The molecule has 0 aliphatic heterocycles. The van der Waals surface area contributed by atoms with Crippen LogP contribution in [0.1, 0.15) is 121 Å². The molecule has 0 fully saturated rings. The maximum absolute atomic E-state index is 14.6. The van der Waals surface area contributed by atoms with Gasteiger partial charge in [0.1, 0.15) is 11.5 Å². The molecule has 262 valence electrons. The predicted molar refractivity (Wildman–Crippen MR) is 199 cm³/mol. The fraction of sp³-hybridized carbons (Fsp3) is 0.500. The molecule has 1 aliphatic rings. The highest BCUT2D eigenvalue weighted by Gasteiger charge is 2.36. The lowest BCUT2D eigenvalue weighted by atomic mass is 9.78. The van der Waals surface area contributed by atoms with E-state index >= 15 is 0 Å². The number of benzene rings is 3. The Kier molecular flexibility index (Phi) is 14.2. The standard InChI is InChI=1S/C40H56O6P2/c1-7-10-11-18-26-40(5,6)36-28-37(45-47(41,43-8-2)30-33-21-14-12-15-22-33)39(35-25-19-20-32(4)27-35)38(29-36)46-48(42,44-9-3)31-34-23-16-13-17-24-34/h12-17,21-24,27-29,35H,7-11,18-20,25-26,30-31H2,1-6H3. The molecule has 8 heteroatoms. The lowest BCUT2D eigenvalue weighted by Crippen LogP contribution is -2.19. The van der Waals surface area contributed by atoms with Crippen LogP contribution in [0.15, 0.2) is 84.4 Å². The van der Waals surface area contributed by atoms with Crippen molar-refractivity contribution >= 4 is 15.2 Å². The molecular weight excluding hydrogens is 638 g/mol. The van der Waals surface area contributed by atoms with Gasteiger partial charge < -0.3 is 9.05 Å². The zero-order valence-corrected chi connectivity index (χ0v) is 31.7. The molecular formula is C40H56O6P2.